The second kappa shape index (κ2) is 11.7. The Morgan fingerprint density at radius 3 is 1.75 bits per heavy atom. The summed E-state index contributed by atoms with van der Waals surface area (Å²) >= 11 is 0. The second-order valence-electron chi connectivity index (χ2n) is 16.2. The van der Waals surface area contributed by atoms with E-state index in [-0.39, 0.29) is 5.41 Å². The lowest BCUT2D eigenvalue weighted by Crippen LogP contribution is -2.33. The summed E-state index contributed by atoms with van der Waals surface area (Å²) in [7, 11) is 0. The van der Waals surface area contributed by atoms with Crippen molar-refractivity contribution in [3.05, 3.63) is 203 Å². The van der Waals surface area contributed by atoms with Crippen molar-refractivity contribution in [1.82, 2.24) is 0 Å². The number of para-hydroxylation sites is 1. The van der Waals surface area contributed by atoms with Gasteiger partial charge >= 0.3 is 0 Å². The SMILES string of the molecule is CC1(C)c2cc(C3=c4ccccc4=C(c4c5ccccc5c(-c5ccccc5)c5ccccc45)CC3)ccc2-c2c1ccc1ccc3c4ccccc4oc3c21. The van der Waals surface area contributed by atoms with Crippen LogP contribution in [-0.4, -0.2) is 0 Å². The molecule has 0 saturated heterocycles. The van der Waals surface area contributed by atoms with Gasteiger partial charge in [0.05, 0.1) is 0 Å². The average molecular weight is 715 g/mol. The monoisotopic (exact) mass is 714 g/mol. The maximum Gasteiger partial charge on any atom is 0.143 e. The molecule has 0 bridgehead atoms. The van der Waals surface area contributed by atoms with Crippen LogP contribution in [0.2, 0.25) is 0 Å². The molecule has 0 atom stereocenters. The van der Waals surface area contributed by atoms with E-state index in [1.165, 1.54) is 109 Å². The summed E-state index contributed by atoms with van der Waals surface area (Å²) < 4.78 is 6.65. The van der Waals surface area contributed by atoms with Crippen LogP contribution < -0.4 is 10.4 Å². The molecule has 0 fully saturated rings. The zero-order valence-electron chi connectivity index (χ0n) is 31.5. The summed E-state index contributed by atoms with van der Waals surface area (Å²) in [4.78, 5) is 0. The predicted molar refractivity (Wildman–Crippen MR) is 236 cm³/mol. The molecule has 0 unspecified atom stereocenters. The standard InChI is InChI=1S/C55H38O/c1-55(2)47-31-26-34-24-27-45-39-18-12-13-23-49(39)56-54(45)51(34)53(47)46-28-25-35(32-48(46)55)36-29-30-44(38-17-7-6-16-37(36)38)52-42-21-10-8-19-40(42)50(33-14-4-3-5-15-33)41-20-9-11-22-43(41)52/h3-28,31-32H,29-30H2,1-2H3. The van der Waals surface area contributed by atoms with E-state index >= 15 is 0 Å². The molecule has 0 aliphatic heterocycles. The number of furan rings is 1. The molecule has 0 spiro atoms. The summed E-state index contributed by atoms with van der Waals surface area (Å²) in [6, 6.07) is 63.0. The van der Waals surface area contributed by atoms with Gasteiger partial charge in [-0.1, -0.05) is 166 Å². The minimum absolute atomic E-state index is 0.159. The van der Waals surface area contributed by atoms with E-state index in [4.69, 9.17) is 4.42 Å². The molecular weight excluding hydrogens is 677 g/mol. The number of fused-ring (bicyclic) bond motifs is 12. The van der Waals surface area contributed by atoms with Gasteiger partial charge in [-0.05, 0) is 124 Å². The van der Waals surface area contributed by atoms with Crippen LogP contribution in [-0.2, 0) is 5.41 Å². The van der Waals surface area contributed by atoms with Crippen molar-refractivity contribution in [3.63, 3.8) is 0 Å². The van der Waals surface area contributed by atoms with Crippen LogP contribution >= 0.6 is 0 Å². The molecule has 9 aromatic carbocycles. The molecule has 2 aliphatic rings. The van der Waals surface area contributed by atoms with E-state index in [9.17, 15) is 0 Å². The van der Waals surface area contributed by atoms with Crippen molar-refractivity contribution in [3.8, 4) is 22.3 Å². The lowest BCUT2D eigenvalue weighted by Gasteiger charge is -2.24. The van der Waals surface area contributed by atoms with Crippen LogP contribution in [0, 0.1) is 0 Å². The fourth-order valence-corrected chi connectivity index (χ4v) is 10.5. The van der Waals surface area contributed by atoms with Crippen LogP contribution in [0.5, 0.6) is 0 Å². The predicted octanol–water partition coefficient (Wildman–Crippen LogP) is 13.2. The van der Waals surface area contributed by atoms with Gasteiger partial charge in [0.2, 0.25) is 0 Å². The van der Waals surface area contributed by atoms with Gasteiger partial charge in [-0.2, -0.15) is 0 Å². The van der Waals surface area contributed by atoms with Gasteiger partial charge in [-0.3, -0.25) is 0 Å². The lowest BCUT2D eigenvalue weighted by atomic mass is 9.79. The van der Waals surface area contributed by atoms with Crippen molar-refractivity contribution in [2.24, 2.45) is 0 Å². The zero-order valence-corrected chi connectivity index (χ0v) is 31.5. The summed E-state index contributed by atoms with van der Waals surface area (Å²) in [6.07, 6.45) is 1.95. The summed E-state index contributed by atoms with van der Waals surface area (Å²) in [6.45, 7) is 4.79. The van der Waals surface area contributed by atoms with Gasteiger partial charge in [-0.25, -0.2) is 0 Å². The smallest absolute Gasteiger partial charge is 0.143 e. The molecule has 0 saturated carbocycles. The molecule has 1 heterocycles. The Balaban J connectivity index is 1.10. The molecule has 1 aromatic heterocycles. The largest absolute Gasteiger partial charge is 0.455 e. The van der Waals surface area contributed by atoms with Gasteiger partial charge in [-0.15, -0.1) is 0 Å². The molecule has 10 aromatic rings. The molecule has 0 radical (unpaired) electrons. The second-order valence-corrected chi connectivity index (χ2v) is 16.2. The van der Waals surface area contributed by atoms with Gasteiger partial charge in [0, 0.05) is 21.6 Å². The Hall–Kier alpha value is -6.70. The minimum Gasteiger partial charge on any atom is -0.455 e. The summed E-state index contributed by atoms with van der Waals surface area (Å²) in [5.41, 5.74) is 15.3. The first kappa shape index (κ1) is 31.6. The van der Waals surface area contributed by atoms with Gasteiger partial charge < -0.3 is 4.42 Å². The lowest BCUT2D eigenvalue weighted by molar-refractivity contribution is 0.660. The Bertz CT molecular complexity index is 3370. The third kappa shape index (κ3) is 4.31. The van der Waals surface area contributed by atoms with E-state index in [1.54, 1.807) is 0 Å². The third-order valence-corrected chi connectivity index (χ3v) is 13.0. The fourth-order valence-electron chi connectivity index (χ4n) is 10.5. The Labute approximate surface area is 325 Å². The average Bonchev–Trinajstić information content (AvgIpc) is 3.74. The maximum absolute atomic E-state index is 6.65. The van der Waals surface area contributed by atoms with Crippen molar-refractivity contribution >= 4 is 65.4 Å². The zero-order chi connectivity index (χ0) is 37.1. The number of hydrogen-bond donors (Lipinski definition) is 0. The normalized spacial score (nSPS) is 14.5. The van der Waals surface area contributed by atoms with Crippen molar-refractivity contribution in [2.75, 3.05) is 0 Å². The first-order valence-electron chi connectivity index (χ1n) is 19.9. The fraction of sp³-hybridized carbons (Fsp3) is 0.0909. The van der Waals surface area contributed by atoms with E-state index in [0.717, 1.165) is 24.0 Å². The highest BCUT2D eigenvalue weighted by Crippen LogP contribution is 2.54. The Morgan fingerprint density at radius 2 is 1.02 bits per heavy atom. The van der Waals surface area contributed by atoms with E-state index < -0.39 is 0 Å². The molecular formula is C55H38O. The summed E-state index contributed by atoms with van der Waals surface area (Å²) in [5, 5.41) is 12.7. The van der Waals surface area contributed by atoms with Crippen LogP contribution in [0.1, 0.15) is 48.9 Å². The molecule has 1 heteroatoms. The highest BCUT2D eigenvalue weighted by Gasteiger charge is 2.37. The van der Waals surface area contributed by atoms with Crippen molar-refractivity contribution in [1.29, 1.82) is 0 Å². The van der Waals surface area contributed by atoms with Gasteiger partial charge in [0.1, 0.15) is 11.2 Å². The first-order chi connectivity index (χ1) is 27.6. The molecule has 2 aliphatic carbocycles. The molecule has 12 rings (SSSR count). The van der Waals surface area contributed by atoms with Crippen LogP contribution in [0.25, 0.3) is 87.7 Å². The highest BCUT2D eigenvalue weighted by atomic mass is 16.3. The molecule has 56 heavy (non-hydrogen) atoms. The third-order valence-electron chi connectivity index (χ3n) is 13.0. The van der Waals surface area contributed by atoms with Crippen molar-refractivity contribution < 1.29 is 4.42 Å². The maximum atomic E-state index is 6.65. The quantitative estimate of drug-likeness (QED) is 0.166. The Kier molecular flexibility index (Phi) is 6.58. The van der Waals surface area contributed by atoms with Gasteiger partial charge in [0.15, 0.2) is 0 Å². The van der Waals surface area contributed by atoms with Crippen molar-refractivity contribution in [2.45, 2.75) is 32.1 Å². The van der Waals surface area contributed by atoms with Crippen LogP contribution in [0.15, 0.2) is 174 Å². The minimum atomic E-state index is -0.159. The van der Waals surface area contributed by atoms with Crippen LogP contribution in [0.3, 0.4) is 0 Å². The van der Waals surface area contributed by atoms with Crippen LogP contribution in [0.4, 0.5) is 0 Å². The molecule has 0 amide bonds. The number of benzene rings is 9. The summed E-state index contributed by atoms with van der Waals surface area (Å²) in [5.74, 6) is 0. The molecule has 0 N–H and O–H groups in total. The van der Waals surface area contributed by atoms with E-state index in [2.05, 4.69) is 184 Å². The Morgan fingerprint density at radius 1 is 0.429 bits per heavy atom. The topological polar surface area (TPSA) is 13.1 Å². The van der Waals surface area contributed by atoms with Gasteiger partial charge in [0.25, 0.3) is 0 Å². The van der Waals surface area contributed by atoms with E-state index in [0.29, 0.717) is 0 Å². The van der Waals surface area contributed by atoms with E-state index in [1.807, 2.05) is 0 Å². The number of rotatable bonds is 3. The molecule has 1 nitrogen and oxygen atoms in total. The first-order valence-corrected chi connectivity index (χ1v) is 19.9. The number of hydrogen-bond acceptors (Lipinski definition) is 1. The molecule has 264 valence electrons. The highest BCUT2D eigenvalue weighted by molar-refractivity contribution is 6.21.